The van der Waals surface area contributed by atoms with Gasteiger partial charge in [0.2, 0.25) is 0 Å². The van der Waals surface area contributed by atoms with Crippen LogP contribution < -0.4 is 0 Å². The molecule has 66 valence electrons. The second kappa shape index (κ2) is 4.01. The van der Waals surface area contributed by atoms with Crippen LogP contribution in [0, 0.1) is 5.82 Å². The van der Waals surface area contributed by atoms with Gasteiger partial charge in [-0.3, -0.25) is 0 Å². The molecule has 0 heterocycles. The fraction of sp³-hybridized carbons (Fsp3) is 0.333. The predicted octanol–water partition coefficient (Wildman–Crippen LogP) is 3.30. The van der Waals surface area contributed by atoms with Crippen molar-refractivity contribution in [3.05, 3.63) is 34.1 Å². The molecule has 0 aliphatic carbocycles. The maximum Gasteiger partial charge on any atom is 0.129 e. The monoisotopic (exact) mass is 232 g/mol. The highest BCUT2D eigenvalue weighted by molar-refractivity contribution is 9.10. The van der Waals surface area contributed by atoms with Gasteiger partial charge in [-0.05, 0) is 25.1 Å². The second-order valence-electron chi connectivity index (χ2n) is 2.54. The molecular weight excluding hydrogens is 223 g/mol. The van der Waals surface area contributed by atoms with E-state index in [0.29, 0.717) is 5.56 Å². The van der Waals surface area contributed by atoms with Crippen LogP contribution in [0.25, 0.3) is 0 Å². The van der Waals surface area contributed by atoms with Gasteiger partial charge in [0.05, 0.1) is 6.10 Å². The van der Waals surface area contributed by atoms with Crippen molar-refractivity contribution in [2.45, 2.75) is 13.0 Å². The van der Waals surface area contributed by atoms with E-state index in [2.05, 4.69) is 15.9 Å². The first-order valence-electron chi connectivity index (χ1n) is 3.63. The minimum absolute atomic E-state index is 0.206. The van der Waals surface area contributed by atoms with Gasteiger partial charge in [-0.2, -0.15) is 0 Å². The molecule has 0 fully saturated rings. The molecule has 1 nitrogen and oxygen atoms in total. The Morgan fingerprint density at radius 3 is 2.75 bits per heavy atom. The molecule has 0 saturated heterocycles. The first-order chi connectivity index (χ1) is 5.65. The Morgan fingerprint density at radius 1 is 1.50 bits per heavy atom. The van der Waals surface area contributed by atoms with Crippen LogP contribution in [-0.4, -0.2) is 7.11 Å². The van der Waals surface area contributed by atoms with Gasteiger partial charge >= 0.3 is 0 Å². The molecule has 1 aromatic rings. The lowest BCUT2D eigenvalue weighted by atomic mass is 10.1. The van der Waals surface area contributed by atoms with Crippen molar-refractivity contribution in [2.75, 3.05) is 7.11 Å². The Morgan fingerprint density at radius 2 is 2.17 bits per heavy atom. The zero-order valence-electron chi connectivity index (χ0n) is 6.97. The Labute approximate surface area is 79.7 Å². The molecule has 0 spiro atoms. The highest BCUT2D eigenvalue weighted by Gasteiger charge is 2.09. The van der Waals surface area contributed by atoms with Crippen LogP contribution >= 0.6 is 15.9 Å². The molecule has 0 bridgehead atoms. The first kappa shape index (κ1) is 9.68. The van der Waals surface area contributed by atoms with Crippen molar-refractivity contribution in [1.29, 1.82) is 0 Å². The standard InChI is InChI=1S/C9H10BrFO/c1-6(12-2)8-5-7(10)3-4-9(8)11/h3-6H,1-2H3. The molecular formula is C9H10BrFO. The first-order valence-corrected chi connectivity index (χ1v) is 4.42. The fourth-order valence-electron chi connectivity index (χ4n) is 0.953. The lowest BCUT2D eigenvalue weighted by molar-refractivity contribution is 0.116. The van der Waals surface area contributed by atoms with E-state index < -0.39 is 0 Å². The van der Waals surface area contributed by atoms with Crippen LogP contribution in [0.15, 0.2) is 22.7 Å². The molecule has 1 aromatic carbocycles. The Hall–Kier alpha value is -0.410. The summed E-state index contributed by atoms with van der Waals surface area (Å²) in [5.41, 5.74) is 0.576. The van der Waals surface area contributed by atoms with Crippen molar-refractivity contribution < 1.29 is 9.13 Å². The summed E-state index contributed by atoms with van der Waals surface area (Å²) in [6.45, 7) is 1.81. The third kappa shape index (κ3) is 2.05. The van der Waals surface area contributed by atoms with E-state index in [4.69, 9.17) is 4.74 Å². The zero-order chi connectivity index (χ0) is 9.14. The number of methoxy groups -OCH3 is 1. The molecule has 0 N–H and O–H groups in total. The SMILES string of the molecule is COC(C)c1cc(Br)ccc1F. The molecule has 1 unspecified atom stereocenters. The highest BCUT2D eigenvalue weighted by Crippen LogP contribution is 2.23. The van der Waals surface area contributed by atoms with Gasteiger partial charge in [-0.1, -0.05) is 15.9 Å². The third-order valence-electron chi connectivity index (χ3n) is 1.75. The number of halogens is 2. The molecule has 12 heavy (non-hydrogen) atoms. The molecule has 1 rings (SSSR count). The molecule has 3 heteroatoms. The summed E-state index contributed by atoms with van der Waals surface area (Å²) in [4.78, 5) is 0. The quantitative estimate of drug-likeness (QED) is 0.761. The fourth-order valence-corrected chi connectivity index (χ4v) is 1.33. The van der Waals surface area contributed by atoms with Crippen LogP contribution in [0.3, 0.4) is 0 Å². The smallest absolute Gasteiger partial charge is 0.129 e. The van der Waals surface area contributed by atoms with Crippen molar-refractivity contribution in [1.82, 2.24) is 0 Å². The number of hydrogen-bond acceptors (Lipinski definition) is 1. The van der Waals surface area contributed by atoms with Gasteiger partial charge in [0, 0.05) is 17.1 Å². The van der Waals surface area contributed by atoms with Crippen molar-refractivity contribution in [3.8, 4) is 0 Å². The van der Waals surface area contributed by atoms with E-state index in [9.17, 15) is 4.39 Å². The third-order valence-corrected chi connectivity index (χ3v) is 2.24. The van der Waals surface area contributed by atoms with E-state index >= 15 is 0 Å². The van der Waals surface area contributed by atoms with E-state index in [1.54, 1.807) is 19.2 Å². The Bertz CT molecular complexity index is 275. The summed E-state index contributed by atoms with van der Waals surface area (Å²) in [7, 11) is 1.56. The van der Waals surface area contributed by atoms with Crippen LogP contribution in [-0.2, 0) is 4.74 Å². The summed E-state index contributed by atoms with van der Waals surface area (Å²) in [5.74, 6) is -0.229. The van der Waals surface area contributed by atoms with E-state index in [-0.39, 0.29) is 11.9 Å². The lowest BCUT2D eigenvalue weighted by Crippen LogP contribution is -1.98. The summed E-state index contributed by atoms with van der Waals surface area (Å²) in [6.07, 6.45) is -0.206. The Balaban J connectivity index is 3.04. The van der Waals surface area contributed by atoms with Crippen molar-refractivity contribution >= 4 is 15.9 Å². The van der Waals surface area contributed by atoms with Crippen LogP contribution in [0.1, 0.15) is 18.6 Å². The molecule has 0 aromatic heterocycles. The number of ether oxygens (including phenoxy) is 1. The van der Waals surface area contributed by atoms with Gasteiger partial charge in [-0.25, -0.2) is 4.39 Å². The van der Waals surface area contributed by atoms with E-state index in [1.807, 2.05) is 6.92 Å². The maximum atomic E-state index is 13.1. The maximum absolute atomic E-state index is 13.1. The number of benzene rings is 1. The summed E-state index contributed by atoms with van der Waals surface area (Å²) >= 11 is 3.27. The predicted molar refractivity (Wildman–Crippen MR) is 49.5 cm³/mol. The average molecular weight is 233 g/mol. The summed E-state index contributed by atoms with van der Waals surface area (Å²) < 4.78 is 19.0. The summed E-state index contributed by atoms with van der Waals surface area (Å²) in [6, 6.07) is 4.82. The van der Waals surface area contributed by atoms with Gasteiger partial charge < -0.3 is 4.74 Å². The minimum atomic E-state index is -0.229. The average Bonchev–Trinajstić information content (AvgIpc) is 2.08. The van der Waals surface area contributed by atoms with Crippen molar-refractivity contribution in [2.24, 2.45) is 0 Å². The van der Waals surface area contributed by atoms with Crippen molar-refractivity contribution in [3.63, 3.8) is 0 Å². The van der Waals surface area contributed by atoms with Crippen LogP contribution in [0.5, 0.6) is 0 Å². The molecule has 1 atom stereocenters. The van der Waals surface area contributed by atoms with Gasteiger partial charge in [-0.15, -0.1) is 0 Å². The van der Waals surface area contributed by atoms with Crippen LogP contribution in [0.4, 0.5) is 4.39 Å². The summed E-state index contributed by atoms with van der Waals surface area (Å²) in [5, 5.41) is 0. The second-order valence-corrected chi connectivity index (χ2v) is 3.46. The number of rotatable bonds is 2. The lowest BCUT2D eigenvalue weighted by Gasteiger charge is -2.10. The molecule has 0 amide bonds. The molecule has 0 aliphatic heterocycles. The normalized spacial score (nSPS) is 13.0. The number of hydrogen-bond donors (Lipinski definition) is 0. The van der Waals surface area contributed by atoms with E-state index in [0.717, 1.165) is 4.47 Å². The Kier molecular flexibility index (Phi) is 3.23. The van der Waals surface area contributed by atoms with Gasteiger partial charge in [0.1, 0.15) is 5.82 Å². The van der Waals surface area contributed by atoms with Gasteiger partial charge in [0.15, 0.2) is 0 Å². The topological polar surface area (TPSA) is 9.23 Å². The molecule has 0 radical (unpaired) electrons. The van der Waals surface area contributed by atoms with Gasteiger partial charge in [0.25, 0.3) is 0 Å². The minimum Gasteiger partial charge on any atom is -0.377 e. The largest absolute Gasteiger partial charge is 0.377 e. The zero-order valence-corrected chi connectivity index (χ0v) is 8.56. The van der Waals surface area contributed by atoms with E-state index in [1.165, 1.54) is 6.07 Å². The highest BCUT2D eigenvalue weighted by atomic mass is 79.9. The molecule has 0 aliphatic rings. The molecule has 0 saturated carbocycles. The van der Waals surface area contributed by atoms with Crippen LogP contribution in [0.2, 0.25) is 0 Å².